The van der Waals surface area contributed by atoms with Crippen LogP contribution in [0.15, 0.2) is 60.7 Å². The Morgan fingerprint density at radius 1 is 1.21 bits per heavy atom. The molecule has 1 amide bonds. The summed E-state index contributed by atoms with van der Waals surface area (Å²) in [7, 11) is 0. The van der Waals surface area contributed by atoms with E-state index in [2.05, 4.69) is 17.2 Å². The fourth-order valence-corrected chi connectivity index (χ4v) is 2.29. The van der Waals surface area contributed by atoms with Gasteiger partial charge in [-0.25, -0.2) is 0 Å². The molecule has 2 aromatic rings. The van der Waals surface area contributed by atoms with Crippen LogP contribution in [0, 0.1) is 0 Å². The van der Waals surface area contributed by atoms with Gasteiger partial charge in [0.05, 0.1) is 16.3 Å². The maximum Gasteiger partial charge on any atom is 0.258 e. The molecule has 124 valence electrons. The van der Waals surface area contributed by atoms with Crippen molar-refractivity contribution < 1.29 is 9.53 Å². The number of hydrogen-bond donors (Lipinski definition) is 2. The predicted molar refractivity (Wildman–Crippen MR) is 102 cm³/mol. The highest BCUT2D eigenvalue weighted by Gasteiger charge is 2.12. The molecule has 2 aromatic carbocycles. The Hall–Kier alpha value is -2.37. The van der Waals surface area contributed by atoms with E-state index in [1.54, 1.807) is 24.3 Å². The van der Waals surface area contributed by atoms with Gasteiger partial charge in [0.15, 0.2) is 5.11 Å². The second-order valence-electron chi connectivity index (χ2n) is 5.13. The zero-order valence-electron chi connectivity index (χ0n) is 13.1. The van der Waals surface area contributed by atoms with Crippen molar-refractivity contribution in [1.29, 1.82) is 0 Å². The van der Waals surface area contributed by atoms with Crippen molar-refractivity contribution in [3.63, 3.8) is 0 Å². The first-order chi connectivity index (χ1) is 11.5. The van der Waals surface area contributed by atoms with Gasteiger partial charge in [0.2, 0.25) is 0 Å². The van der Waals surface area contributed by atoms with Crippen LogP contribution in [-0.4, -0.2) is 17.6 Å². The number of carbonyl (C=O) groups is 1. The molecule has 6 heteroatoms. The number of rotatable bonds is 5. The fraction of sp³-hybridized carbons (Fsp3) is 0.111. The number of carbonyl (C=O) groups excluding carboxylic acids is 1. The standard InChI is InChI=1S/C18H17ClN2O2S/c1-12(2)11-23-16-10-6-5-9-15(16)20-18(24)21-17(22)13-7-3-4-8-14(13)19/h3-10H,1,11H2,2H3,(H2,20,21,22,24). The molecular formula is C18H17ClN2O2S. The number of benzene rings is 2. The Morgan fingerprint density at radius 2 is 1.88 bits per heavy atom. The molecule has 0 aliphatic carbocycles. The highest BCUT2D eigenvalue weighted by Crippen LogP contribution is 2.24. The summed E-state index contributed by atoms with van der Waals surface area (Å²) in [5.41, 5.74) is 1.91. The lowest BCUT2D eigenvalue weighted by Crippen LogP contribution is -2.34. The molecule has 0 aliphatic rings. The monoisotopic (exact) mass is 360 g/mol. The van der Waals surface area contributed by atoms with Gasteiger partial charge in [-0.2, -0.15) is 0 Å². The molecular weight excluding hydrogens is 344 g/mol. The summed E-state index contributed by atoms with van der Waals surface area (Å²) in [5, 5.41) is 6.08. The summed E-state index contributed by atoms with van der Waals surface area (Å²) in [5.74, 6) is 0.244. The van der Waals surface area contributed by atoms with Gasteiger partial charge in [-0.05, 0) is 49.0 Å². The Labute approximate surface area is 151 Å². The van der Waals surface area contributed by atoms with Gasteiger partial charge in [0, 0.05) is 0 Å². The van der Waals surface area contributed by atoms with E-state index in [4.69, 9.17) is 28.6 Å². The average Bonchev–Trinajstić information content (AvgIpc) is 2.54. The van der Waals surface area contributed by atoms with E-state index < -0.39 is 0 Å². The zero-order chi connectivity index (χ0) is 17.5. The van der Waals surface area contributed by atoms with Crippen molar-refractivity contribution in [2.75, 3.05) is 11.9 Å². The van der Waals surface area contributed by atoms with Crippen LogP contribution in [0.3, 0.4) is 0 Å². The summed E-state index contributed by atoms with van der Waals surface area (Å²) in [6.07, 6.45) is 0. The first kappa shape index (κ1) is 18.0. The number of hydrogen-bond acceptors (Lipinski definition) is 3. The molecule has 4 nitrogen and oxygen atoms in total. The second-order valence-corrected chi connectivity index (χ2v) is 5.95. The molecule has 0 unspecified atom stereocenters. The van der Waals surface area contributed by atoms with E-state index in [-0.39, 0.29) is 11.0 Å². The van der Waals surface area contributed by atoms with E-state index in [1.807, 2.05) is 31.2 Å². The first-order valence-corrected chi connectivity index (χ1v) is 7.99. The van der Waals surface area contributed by atoms with Gasteiger partial charge in [0.25, 0.3) is 5.91 Å². The van der Waals surface area contributed by atoms with Crippen molar-refractivity contribution in [3.05, 3.63) is 71.3 Å². The maximum atomic E-state index is 12.2. The minimum atomic E-state index is -0.376. The van der Waals surface area contributed by atoms with Crippen LogP contribution < -0.4 is 15.4 Å². The van der Waals surface area contributed by atoms with E-state index in [0.717, 1.165) is 5.57 Å². The molecule has 2 N–H and O–H groups in total. The first-order valence-electron chi connectivity index (χ1n) is 7.20. The van der Waals surface area contributed by atoms with Gasteiger partial charge in [0.1, 0.15) is 12.4 Å². The van der Waals surface area contributed by atoms with Crippen LogP contribution >= 0.6 is 23.8 Å². The largest absolute Gasteiger partial charge is 0.487 e. The van der Waals surface area contributed by atoms with Gasteiger partial charge < -0.3 is 10.1 Å². The highest BCUT2D eigenvalue weighted by atomic mass is 35.5. The molecule has 0 saturated carbocycles. The summed E-state index contributed by atoms with van der Waals surface area (Å²) in [6.45, 7) is 6.08. The van der Waals surface area contributed by atoms with E-state index in [0.29, 0.717) is 28.6 Å². The van der Waals surface area contributed by atoms with Gasteiger partial charge in [-0.15, -0.1) is 0 Å². The van der Waals surface area contributed by atoms with E-state index >= 15 is 0 Å². The molecule has 24 heavy (non-hydrogen) atoms. The molecule has 0 heterocycles. The molecule has 0 radical (unpaired) electrons. The molecule has 0 fully saturated rings. The third-order valence-corrected chi connectivity index (χ3v) is 3.49. The number of para-hydroxylation sites is 2. The molecule has 0 bridgehead atoms. The van der Waals surface area contributed by atoms with Crippen molar-refractivity contribution >= 4 is 40.5 Å². The SMILES string of the molecule is C=C(C)COc1ccccc1NC(=S)NC(=O)c1ccccc1Cl. The topological polar surface area (TPSA) is 50.4 Å². The third-order valence-electron chi connectivity index (χ3n) is 2.95. The lowest BCUT2D eigenvalue weighted by molar-refractivity contribution is 0.0978. The quantitative estimate of drug-likeness (QED) is 0.612. The van der Waals surface area contributed by atoms with Crippen LogP contribution in [0.25, 0.3) is 0 Å². The maximum absolute atomic E-state index is 12.2. The molecule has 2 rings (SSSR count). The number of amides is 1. The number of nitrogens with one attached hydrogen (secondary N) is 2. The van der Waals surface area contributed by atoms with Crippen molar-refractivity contribution in [2.45, 2.75) is 6.92 Å². The second kappa shape index (κ2) is 8.47. The number of halogens is 1. The molecule has 0 spiro atoms. The van der Waals surface area contributed by atoms with Crippen LogP contribution in [0.1, 0.15) is 17.3 Å². The number of ether oxygens (including phenoxy) is 1. The van der Waals surface area contributed by atoms with Gasteiger partial charge in [-0.1, -0.05) is 42.4 Å². The average molecular weight is 361 g/mol. The van der Waals surface area contributed by atoms with Gasteiger partial charge in [-0.3, -0.25) is 10.1 Å². The predicted octanol–water partition coefficient (Wildman–Crippen LogP) is 4.42. The van der Waals surface area contributed by atoms with Crippen LogP contribution in [0.5, 0.6) is 5.75 Å². The molecule has 0 aliphatic heterocycles. The Balaban J connectivity index is 2.04. The summed E-state index contributed by atoms with van der Waals surface area (Å²) in [4.78, 5) is 12.2. The van der Waals surface area contributed by atoms with Crippen LogP contribution in [-0.2, 0) is 0 Å². The van der Waals surface area contributed by atoms with Gasteiger partial charge >= 0.3 is 0 Å². The minimum Gasteiger partial charge on any atom is -0.487 e. The third kappa shape index (κ3) is 5.08. The fourth-order valence-electron chi connectivity index (χ4n) is 1.87. The van der Waals surface area contributed by atoms with E-state index in [1.165, 1.54) is 0 Å². The number of anilines is 1. The molecule has 0 saturated heterocycles. The lowest BCUT2D eigenvalue weighted by atomic mass is 10.2. The Kier molecular flexibility index (Phi) is 6.35. The summed E-state index contributed by atoms with van der Waals surface area (Å²) in [6, 6.07) is 14.1. The Morgan fingerprint density at radius 3 is 2.58 bits per heavy atom. The van der Waals surface area contributed by atoms with Crippen LogP contribution in [0.2, 0.25) is 5.02 Å². The molecule has 0 atom stereocenters. The highest BCUT2D eigenvalue weighted by molar-refractivity contribution is 7.80. The summed E-state index contributed by atoms with van der Waals surface area (Å²) < 4.78 is 5.65. The number of thiocarbonyl (C=S) groups is 1. The minimum absolute atomic E-state index is 0.159. The Bertz CT molecular complexity index is 777. The van der Waals surface area contributed by atoms with E-state index in [9.17, 15) is 4.79 Å². The lowest BCUT2D eigenvalue weighted by Gasteiger charge is -2.14. The molecule has 0 aromatic heterocycles. The normalized spacial score (nSPS) is 9.92. The van der Waals surface area contributed by atoms with Crippen LogP contribution in [0.4, 0.5) is 5.69 Å². The van der Waals surface area contributed by atoms with Crippen molar-refractivity contribution in [2.24, 2.45) is 0 Å². The zero-order valence-corrected chi connectivity index (χ0v) is 14.7. The smallest absolute Gasteiger partial charge is 0.258 e. The summed E-state index contributed by atoms with van der Waals surface area (Å²) >= 11 is 11.2. The van der Waals surface area contributed by atoms with Crippen molar-refractivity contribution in [3.8, 4) is 5.75 Å². The van der Waals surface area contributed by atoms with Crippen molar-refractivity contribution in [1.82, 2.24) is 5.32 Å².